The molecule has 0 saturated carbocycles. The van der Waals surface area contributed by atoms with Gasteiger partial charge in [-0.25, -0.2) is 8.78 Å². The Morgan fingerprint density at radius 3 is 2.21 bits per heavy atom. The molecule has 0 aliphatic rings. The van der Waals surface area contributed by atoms with E-state index in [4.69, 9.17) is 28.9 Å². The predicted molar refractivity (Wildman–Crippen MR) is 83.2 cm³/mol. The minimum atomic E-state index is -0.553. The molecule has 2 aromatic rings. The highest BCUT2D eigenvalue weighted by Gasteiger charge is 2.12. The number of nitrogens with one attached hydrogen (secondary N) is 1. The van der Waals surface area contributed by atoms with E-state index in [1.54, 1.807) is 0 Å². The first kappa shape index (κ1) is 14.6. The van der Waals surface area contributed by atoms with Crippen molar-refractivity contribution in [3.8, 4) is 0 Å². The van der Waals surface area contributed by atoms with Gasteiger partial charge in [0.25, 0.3) is 0 Å². The van der Waals surface area contributed by atoms with Gasteiger partial charge in [-0.2, -0.15) is 0 Å². The highest BCUT2D eigenvalue weighted by molar-refractivity contribution is 14.1. The zero-order valence-corrected chi connectivity index (χ0v) is 12.9. The number of hydrogen-bond donors (Lipinski definition) is 2. The summed E-state index contributed by atoms with van der Waals surface area (Å²) < 4.78 is 27.0. The lowest BCUT2D eigenvalue weighted by Gasteiger charge is -2.13. The summed E-state index contributed by atoms with van der Waals surface area (Å²) in [5.74, 6) is -0.978. The van der Waals surface area contributed by atoms with Gasteiger partial charge in [0.2, 0.25) is 0 Å². The van der Waals surface area contributed by atoms with Gasteiger partial charge in [-0.1, -0.05) is 23.2 Å². The van der Waals surface area contributed by atoms with Gasteiger partial charge in [0.1, 0.15) is 11.6 Å². The van der Waals surface area contributed by atoms with Crippen LogP contribution >= 0.6 is 45.8 Å². The Kier molecular flexibility index (Phi) is 4.37. The van der Waals surface area contributed by atoms with Crippen LogP contribution < -0.4 is 11.1 Å². The van der Waals surface area contributed by atoms with Gasteiger partial charge in [-0.15, -0.1) is 0 Å². The van der Waals surface area contributed by atoms with E-state index in [1.807, 2.05) is 22.6 Å². The number of anilines is 3. The van der Waals surface area contributed by atoms with Crippen LogP contribution in [-0.4, -0.2) is 0 Å². The summed E-state index contributed by atoms with van der Waals surface area (Å²) in [5.41, 5.74) is 6.70. The molecule has 3 N–H and O–H groups in total. The SMILES string of the molecule is Nc1cc(I)c(F)cc1Nc1c(Cl)cc(F)cc1Cl. The van der Waals surface area contributed by atoms with Crippen molar-refractivity contribution in [2.24, 2.45) is 0 Å². The van der Waals surface area contributed by atoms with Crippen molar-refractivity contribution >= 4 is 62.9 Å². The topological polar surface area (TPSA) is 38.0 Å². The lowest BCUT2D eigenvalue weighted by Crippen LogP contribution is -2.00. The van der Waals surface area contributed by atoms with E-state index in [-0.39, 0.29) is 15.7 Å². The van der Waals surface area contributed by atoms with Crippen molar-refractivity contribution in [2.75, 3.05) is 11.1 Å². The average Bonchev–Trinajstić information content (AvgIpc) is 2.29. The second-order valence-electron chi connectivity index (χ2n) is 3.72. The summed E-state index contributed by atoms with van der Waals surface area (Å²) in [6.45, 7) is 0. The number of rotatable bonds is 2. The lowest BCUT2D eigenvalue weighted by atomic mass is 10.2. The van der Waals surface area contributed by atoms with Gasteiger partial charge >= 0.3 is 0 Å². The molecule has 7 heteroatoms. The quantitative estimate of drug-likeness (QED) is 0.523. The molecule has 0 aliphatic carbocycles. The Hall–Kier alpha value is -0.790. The van der Waals surface area contributed by atoms with Crippen LogP contribution in [0, 0.1) is 15.2 Å². The molecule has 100 valence electrons. The fourth-order valence-electron chi connectivity index (χ4n) is 1.47. The van der Waals surface area contributed by atoms with E-state index in [1.165, 1.54) is 12.1 Å². The van der Waals surface area contributed by atoms with Crippen LogP contribution in [0.1, 0.15) is 0 Å². The van der Waals surface area contributed by atoms with Crippen molar-refractivity contribution in [1.29, 1.82) is 0 Å². The van der Waals surface area contributed by atoms with Gasteiger partial charge in [-0.3, -0.25) is 0 Å². The van der Waals surface area contributed by atoms with Gasteiger partial charge < -0.3 is 11.1 Å². The molecular formula is C12H7Cl2F2IN2. The number of benzene rings is 2. The molecule has 2 rings (SSSR count). The number of nitrogen functional groups attached to an aromatic ring is 1. The first-order valence-corrected chi connectivity index (χ1v) is 6.88. The first-order valence-electron chi connectivity index (χ1n) is 5.04. The third kappa shape index (κ3) is 3.21. The monoisotopic (exact) mass is 414 g/mol. The predicted octanol–water partition coefficient (Wildman–Crippen LogP) is 5.20. The van der Waals surface area contributed by atoms with Crippen LogP contribution in [0.2, 0.25) is 10.0 Å². The third-order valence-electron chi connectivity index (χ3n) is 2.36. The second-order valence-corrected chi connectivity index (χ2v) is 5.70. The highest BCUT2D eigenvalue weighted by Crippen LogP contribution is 2.36. The maximum atomic E-state index is 13.5. The molecule has 0 aliphatic heterocycles. The molecule has 0 spiro atoms. The molecule has 0 fully saturated rings. The Balaban J connectivity index is 2.45. The number of halogens is 5. The van der Waals surface area contributed by atoms with E-state index in [2.05, 4.69) is 5.32 Å². The van der Waals surface area contributed by atoms with E-state index in [9.17, 15) is 8.78 Å². The second kappa shape index (κ2) is 5.68. The third-order valence-corrected chi connectivity index (χ3v) is 3.78. The average molecular weight is 415 g/mol. The standard InChI is InChI=1S/C12H7Cl2F2IN2/c13-6-1-5(15)2-7(14)12(6)19-11-3-8(16)9(17)4-10(11)18/h1-4,19H,18H2. The van der Waals surface area contributed by atoms with Crippen LogP contribution in [0.5, 0.6) is 0 Å². The fraction of sp³-hybridized carbons (Fsp3) is 0. The molecule has 19 heavy (non-hydrogen) atoms. The maximum absolute atomic E-state index is 13.5. The lowest BCUT2D eigenvalue weighted by molar-refractivity contribution is 0.621. The first-order chi connectivity index (χ1) is 8.88. The molecule has 0 saturated heterocycles. The summed E-state index contributed by atoms with van der Waals surface area (Å²) in [4.78, 5) is 0. The molecule has 0 radical (unpaired) electrons. The molecule has 0 aromatic heterocycles. The molecule has 0 unspecified atom stereocenters. The summed E-state index contributed by atoms with van der Waals surface area (Å²) in [6, 6.07) is 4.92. The van der Waals surface area contributed by atoms with Gasteiger partial charge in [-0.05, 0) is 40.8 Å². The normalized spacial score (nSPS) is 10.6. The van der Waals surface area contributed by atoms with Gasteiger partial charge in [0, 0.05) is 6.07 Å². The van der Waals surface area contributed by atoms with E-state index in [0.29, 0.717) is 14.9 Å². The number of hydrogen-bond acceptors (Lipinski definition) is 2. The summed E-state index contributed by atoms with van der Waals surface area (Å²) in [6.07, 6.45) is 0. The fourth-order valence-corrected chi connectivity index (χ4v) is 2.51. The number of nitrogens with two attached hydrogens (primary N) is 1. The smallest absolute Gasteiger partial charge is 0.138 e. The molecule has 0 amide bonds. The van der Waals surface area contributed by atoms with Crippen molar-refractivity contribution in [3.05, 3.63) is 49.5 Å². The molecule has 0 bridgehead atoms. The Morgan fingerprint density at radius 1 is 1.05 bits per heavy atom. The minimum Gasteiger partial charge on any atom is -0.397 e. The van der Waals surface area contributed by atoms with Crippen LogP contribution in [0.25, 0.3) is 0 Å². The Morgan fingerprint density at radius 2 is 1.63 bits per heavy atom. The summed E-state index contributed by atoms with van der Waals surface area (Å²) in [7, 11) is 0. The highest BCUT2D eigenvalue weighted by atomic mass is 127. The maximum Gasteiger partial charge on any atom is 0.138 e. The minimum absolute atomic E-state index is 0.0864. The van der Waals surface area contributed by atoms with Crippen molar-refractivity contribution in [1.82, 2.24) is 0 Å². The van der Waals surface area contributed by atoms with Crippen LogP contribution in [0.15, 0.2) is 24.3 Å². The molecule has 0 heterocycles. The van der Waals surface area contributed by atoms with E-state index < -0.39 is 11.6 Å². The van der Waals surface area contributed by atoms with Crippen molar-refractivity contribution in [3.63, 3.8) is 0 Å². The van der Waals surface area contributed by atoms with Crippen molar-refractivity contribution in [2.45, 2.75) is 0 Å². The van der Waals surface area contributed by atoms with Crippen LogP contribution in [0.3, 0.4) is 0 Å². The van der Waals surface area contributed by atoms with Gasteiger partial charge in [0.15, 0.2) is 0 Å². The van der Waals surface area contributed by atoms with E-state index >= 15 is 0 Å². The van der Waals surface area contributed by atoms with Crippen LogP contribution in [-0.2, 0) is 0 Å². The zero-order chi connectivity index (χ0) is 14.2. The molecule has 2 aromatic carbocycles. The summed E-state index contributed by atoms with van der Waals surface area (Å²) in [5, 5.41) is 2.98. The van der Waals surface area contributed by atoms with Crippen molar-refractivity contribution < 1.29 is 8.78 Å². The van der Waals surface area contributed by atoms with Gasteiger partial charge in [0.05, 0.1) is 30.7 Å². The molecule has 0 atom stereocenters. The molecular weight excluding hydrogens is 408 g/mol. The Labute approximate surface area is 132 Å². The van der Waals surface area contributed by atoms with Crippen LogP contribution in [0.4, 0.5) is 25.8 Å². The Bertz CT molecular complexity index is 627. The zero-order valence-electron chi connectivity index (χ0n) is 9.28. The molecule has 2 nitrogen and oxygen atoms in total. The van der Waals surface area contributed by atoms with E-state index in [0.717, 1.165) is 12.1 Å². The summed E-state index contributed by atoms with van der Waals surface area (Å²) >= 11 is 13.6. The largest absolute Gasteiger partial charge is 0.397 e.